The molecule has 1 amide bonds. The van der Waals surface area contributed by atoms with Crippen LogP contribution in [-0.4, -0.2) is 39.4 Å². The highest BCUT2D eigenvalue weighted by molar-refractivity contribution is 5.85. The van der Waals surface area contributed by atoms with E-state index in [0.29, 0.717) is 6.54 Å². The summed E-state index contributed by atoms with van der Waals surface area (Å²) in [7, 11) is 3.29. The van der Waals surface area contributed by atoms with Gasteiger partial charge in [-0.25, -0.2) is 4.98 Å². The van der Waals surface area contributed by atoms with E-state index in [-0.39, 0.29) is 29.0 Å². The van der Waals surface area contributed by atoms with Gasteiger partial charge in [-0.15, -0.1) is 0 Å². The zero-order valence-corrected chi connectivity index (χ0v) is 17.5. The monoisotopic (exact) mass is 432 g/mol. The van der Waals surface area contributed by atoms with Crippen molar-refractivity contribution < 1.29 is 14.5 Å². The smallest absolute Gasteiger partial charge is 0.271 e. The second kappa shape index (κ2) is 8.46. The summed E-state index contributed by atoms with van der Waals surface area (Å²) in [5, 5.41) is 13.2. The van der Waals surface area contributed by atoms with Crippen molar-refractivity contribution in [2.75, 3.05) is 14.2 Å². The number of hydrogen-bond acceptors (Lipinski definition) is 6. The molecule has 32 heavy (non-hydrogen) atoms. The molecule has 0 spiro atoms. The molecule has 0 aliphatic rings. The van der Waals surface area contributed by atoms with Gasteiger partial charge in [0.05, 0.1) is 29.3 Å². The fourth-order valence-electron chi connectivity index (χ4n) is 3.50. The third kappa shape index (κ3) is 4.13. The molecule has 0 atom stereocenters. The van der Waals surface area contributed by atoms with Gasteiger partial charge >= 0.3 is 0 Å². The van der Waals surface area contributed by atoms with Crippen LogP contribution in [0, 0.1) is 10.1 Å². The molecule has 0 unspecified atom stereocenters. The van der Waals surface area contributed by atoms with E-state index in [0.717, 1.165) is 22.1 Å². The van der Waals surface area contributed by atoms with E-state index in [1.54, 1.807) is 14.2 Å². The average molecular weight is 432 g/mol. The van der Waals surface area contributed by atoms with Gasteiger partial charge in [0.2, 0.25) is 5.91 Å². The number of aromatic nitrogens is 2. The van der Waals surface area contributed by atoms with E-state index in [1.165, 1.54) is 34.0 Å². The Morgan fingerprint density at radius 1 is 1.12 bits per heavy atom. The molecule has 0 radical (unpaired) electrons. The van der Waals surface area contributed by atoms with Crippen LogP contribution in [0.2, 0.25) is 0 Å². The van der Waals surface area contributed by atoms with Crippen molar-refractivity contribution in [3.05, 3.63) is 87.0 Å². The first-order chi connectivity index (χ1) is 15.4. The molecule has 0 saturated carbocycles. The summed E-state index contributed by atoms with van der Waals surface area (Å²) in [4.78, 5) is 41.4. The lowest BCUT2D eigenvalue weighted by Crippen LogP contribution is -2.33. The van der Waals surface area contributed by atoms with Gasteiger partial charge in [0.1, 0.15) is 12.3 Å². The average Bonchev–Trinajstić information content (AvgIpc) is 2.80. The Morgan fingerprint density at radius 2 is 1.88 bits per heavy atom. The van der Waals surface area contributed by atoms with Gasteiger partial charge in [-0.05, 0) is 40.6 Å². The lowest BCUT2D eigenvalue weighted by atomic mass is 10.1. The van der Waals surface area contributed by atoms with E-state index in [4.69, 9.17) is 4.74 Å². The number of likely N-dealkylation sites (N-methyl/N-ethyl adjacent to an activating group) is 1. The largest absolute Gasteiger partial charge is 0.497 e. The number of rotatable bonds is 6. The molecule has 0 N–H and O–H groups in total. The number of ether oxygens (including phenoxy) is 1. The summed E-state index contributed by atoms with van der Waals surface area (Å²) < 4.78 is 6.45. The Bertz CT molecular complexity index is 1410. The van der Waals surface area contributed by atoms with Crippen molar-refractivity contribution in [2.45, 2.75) is 13.1 Å². The molecule has 3 aromatic carbocycles. The van der Waals surface area contributed by atoms with Crippen LogP contribution in [-0.2, 0) is 17.9 Å². The number of nitro benzene ring substituents is 1. The highest BCUT2D eigenvalue weighted by Gasteiger charge is 2.15. The van der Waals surface area contributed by atoms with Crippen molar-refractivity contribution >= 4 is 33.3 Å². The Hall–Kier alpha value is -4.27. The molecule has 4 aromatic rings. The van der Waals surface area contributed by atoms with Crippen molar-refractivity contribution in [3.63, 3.8) is 0 Å². The van der Waals surface area contributed by atoms with Crippen LogP contribution in [0.25, 0.3) is 21.7 Å². The van der Waals surface area contributed by atoms with Gasteiger partial charge in [0.25, 0.3) is 11.2 Å². The van der Waals surface area contributed by atoms with E-state index < -0.39 is 10.5 Å². The number of methoxy groups -OCH3 is 1. The number of nitro groups is 1. The summed E-state index contributed by atoms with van der Waals surface area (Å²) >= 11 is 0. The SMILES string of the molecule is COc1ccc2cc(CN(C)C(=O)Cn3cnc4cc([N+](=O)[O-])ccc4c3=O)ccc2c1. The molecule has 0 saturated heterocycles. The second-order valence-electron chi connectivity index (χ2n) is 7.43. The zero-order chi connectivity index (χ0) is 22.8. The number of carbonyl (C=O) groups is 1. The number of carbonyl (C=O) groups excluding carboxylic acids is 1. The molecular weight excluding hydrogens is 412 g/mol. The van der Waals surface area contributed by atoms with Crippen LogP contribution in [0.1, 0.15) is 5.56 Å². The molecule has 1 aromatic heterocycles. The molecule has 0 aliphatic heterocycles. The fraction of sp³-hybridized carbons (Fsp3) is 0.174. The predicted molar refractivity (Wildman–Crippen MR) is 120 cm³/mol. The first-order valence-electron chi connectivity index (χ1n) is 9.80. The molecule has 162 valence electrons. The molecule has 9 heteroatoms. The minimum Gasteiger partial charge on any atom is -0.497 e. The maximum atomic E-state index is 12.7. The Balaban J connectivity index is 1.51. The molecule has 4 rings (SSSR count). The minimum absolute atomic E-state index is 0.146. The third-order valence-electron chi connectivity index (χ3n) is 5.28. The summed E-state index contributed by atoms with van der Waals surface area (Å²) in [5.74, 6) is 0.520. The summed E-state index contributed by atoms with van der Waals surface area (Å²) in [6.45, 7) is 0.197. The minimum atomic E-state index is -0.547. The molecule has 1 heterocycles. The predicted octanol–water partition coefficient (Wildman–Crippen LogP) is 3.13. The van der Waals surface area contributed by atoms with Crippen LogP contribution in [0.3, 0.4) is 0 Å². The molecular formula is C23H20N4O5. The van der Waals surface area contributed by atoms with Gasteiger partial charge in [0, 0.05) is 25.7 Å². The second-order valence-corrected chi connectivity index (χ2v) is 7.43. The van der Waals surface area contributed by atoms with Gasteiger partial charge in [-0.2, -0.15) is 0 Å². The van der Waals surface area contributed by atoms with Crippen molar-refractivity contribution in [2.24, 2.45) is 0 Å². The fourth-order valence-corrected chi connectivity index (χ4v) is 3.50. The topological polar surface area (TPSA) is 108 Å². The van der Waals surface area contributed by atoms with E-state index >= 15 is 0 Å². The Labute approximate surface area is 182 Å². The van der Waals surface area contributed by atoms with Crippen LogP contribution >= 0.6 is 0 Å². The van der Waals surface area contributed by atoms with E-state index in [9.17, 15) is 19.7 Å². The van der Waals surface area contributed by atoms with Gasteiger partial charge in [0.15, 0.2) is 0 Å². The lowest BCUT2D eigenvalue weighted by molar-refractivity contribution is -0.384. The summed E-state index contributed by atoms with van der Waals surface area (Å²) in [6.07, 6.45) is 1.24. The van der Waals surface area contributed by atoms with Crippen LogP contribution < -0.4 is 10.3 Å². The number of benzene rings is 3. The number of non-ortho nitro benzene ring substituents is 1. The number of fused-ring (bicyclic) bond motifs is 2. The van der Waals surface area contributed by atoms with Crippen molar-refractivity contribution in [3.8, 4) is 5.75 Å². The highest BCUT2D eigenvalue weighted by Crippen LogP contribution is 2.22. The maximum absolute atomic E-state index is 12.7. The first kappa shape index (κ1) is 21.0. The zero-order valence-electron chi connectivity index (χ0n) is 17.5. The molecule has 0 bridgehead atoms. The van der Waals surface area contributed by atoms with Gasteiger partial charge in [-0.1, -0.05) is 18.2 Å². The molecule has 0 aliphatic carbocycles. The number of nitrogens with zero attached hydrogens (tertiary/aromatic N) is 4. The highest BCUT2D eigenvalue weighted by atomic mass is 16.6. The van der Waals surface area contributed by atoms with Crippen LogP contribution in [0.15, 0.2) is 65.7 Å². The number of amides is 1. The number of hydrogen-bond donors (Lipinski definition) is 0. The van der Waals surface area contributed by atoms with Crippen LogP contribution in [0.5, 0.6) is 5.75 Å². The first-order valence-corrected chi connectivity index (χ1v) is 9.80. The lowest BCUT2D eigenvalue weighted by Gasteiger charge is -2.18. The summed E-state index contributed by atoms with van der Waals surface area (Å²) in [5.41, 5.74) is 0.599. The molecule has 9 nitrogen and oxygen atoms in total. The van der Waals surface area contributed by atoms with Gasteiger partial charge < -0.3 is 9.64 Å². The van der Waals surface area contributed by atoms with Crippen molar-refractivity contribution in [1.29, 1.82) is 0 Å². The normalized spacial score (nSPS) is 10.9. The summed E-state index contributed by atoms with van der Waals surface area (Å²) in [6, 6.07) is 15.6. The van der Waals surface area contributed by atoms with E-state index in [2.05, 4.69) is 4.98 Å². The van der Waals surface area contributed by atoms with Crippen molar-refractivity contribution in [1.82, 2.24) is 14.5 Å². The standard InChI is InChI=1S/C23H20N4O5/c1-25(12-15-3-4-17-10-19(32-2)7-5-16(17)9-15)22(28)13-26-14-24-21-11-18(27(30)31)6-8-20(21)23(26)29/h3-11,14H,12-13H2,1-2H3. The molecule has 0 fully saturated rings. The Kier molecular flexibility index (Phi) is 5.55. The Morgan fingerprint density at radius 3 is 2.62 bits per heavy atom. The van der Waals surface area contributed by atoms with Gasteiger partial charge in [-0.3, -0.25) is 24.3 Å². The van der Waals surface area contributed by atoms with E-state index in [1.807, 2.05) is 36.4 Å². The third-order valence-corrected chi connectivity index (χ3v) is 5.28. The quantitative estimate of drug-likeness (QED) is 0.342. The maximum Gasteiger partial charge on any atom is 0.271 e. The van der Waals surface area contributed by atoms with Crippen LogP contribution in [0.4, 0.5) is 5.69 Å².